The van der Waals surface area contributed by atoms with Gasteiger partial charge in [0.1, 0.15) is 0 Å². The smallest absolute Gasteiger partial charge is 0.266 e. The van der Waals surface area contributed by atoms with Crippen LogP contribution in [0.2, 0.25) is 20.1 Å². The number of hydrogen-bond donors (Lipinski definition) is 0. The van der Waals surface area contributed by atoms with E-state index in [-0.39, 0.29) is 20.1 Å². The zero-order valence-corrected chi connectivity index (χ0v) is 11.9. The minimum absolute atomic E-state index is 0.0904. The van der Waals surface area contributed by atoms with E-state index in [0.29, 0.717) is 11.0 Å². The van der Waals surface area contributed by atoms with Crippen LogP contribution < -0.4 is 5.69 Å². The molecule has 0 aliphatic rings. The van der Waals surface area contributed by atoms with E-state index in [1.807, 2.05) is 0 Å². The summed E-state index contributed by atoms with van der Waals surface area (Å²) >= 11 is 24.1. The SMILES string of the molecule is C=Cn1c(=O)n(C=C)c2c(Cl)c(Cl)c(Cl)c(Cl)c21. The Bertz CT molecular complexity index is 682. The summed E-state index contributed by atoms with van der Waals surface area (Å²) in [5.41, 5.74) is 0.282. The van der Waals surface area contributed by atoms with Crippen LogP contribution in [0.4, 0.5) is 0 Å². The average molecular weight is 324 g/mol. The number of hydrogen-bond acceptors (Lipinski definition) is 1. The number of rotatable bonds is 2. The minimum atomic E-state index is -0.405. The topological polar surface area (TPSA) is 26.9 Å². The van der Waals surface area contributed by atoms with Crippen LogP contribution >= 0.6 is 46.4 Å². The van der Waals surface area contributed by atoms with Crippen LogP contribution in [0.1, 0.15) is 0 Å². The zero-order chi connectivity index (χ0) is 13.6. The highest BCUT2D eigenvalue weighted by atomic mass is 35.5. The molecular weight excluding hydrogens is 318 g/mol. The fourth-order valence-electron chi connectivity index (χ4n) is 1.69. The molecule has 0 fully saturated rings. The van der Waals surface area contributed by atoms with Crippen molar-refractivity contribution < 1.29 is 0 Å². The monoisotopic (exact) mass is 322 g/mol. The lowest BCUT2D eigenvalue weighted by atomic mass is 10.3. The number of fused-ring (bicyclic) bond motifs is 1. The van der Waals surface area contributed by atoms with Crippen LogP contribution in [-0.4, -0.2) is 9.13 Å². The van der Waals surface area contributed by atoms with E-state index in [0.717, 1.165) is 0 Å². The van der Waals surface area contributed by atoms with Crippen molar-refractivity contribution in [2.75, 3.05) is 0 Å². The third-order valence-electron chi connectivity index (χ3n) is 2.48. The number of aromatic nitrogens is 2. The van der Waals surface area contributed by atoms with E-state index in [4.69, 9.17) is 46.4 Å². The number of imidazole rings is 1. The summed E-state index contributed by atoms with van der Waals surface area (Å²) in [4.78, 5) is 12.1. The molecule has 0 radical (unpaired) electrons. The van der Waals surface area contributed by atoms with Crippen molar-refractivity contribution in [2.45, 2.75) is 0 Å². The van der Waals surface area contributed by atoms with Gasteiger partial charge in [-0.2, -0.15) is 0 Å². The molecule has 0 saturated carbocycles. The molecule has 0 bridgehead atoms. The van der Waals surface area contributed by atoms with E-state index in [2.05, 4.69) is 13.2 Å². The first kappa shape index (κ1) is 13.6. The summed E-state index contributed by atoms with van der Waals surface area (Å²) in [6.07, 6.45) is 2.63. The van der Waals surface area contributed by atoms with Crippen LogP contribution in [0.15, 0.2) is 18.0 Å². The van der Waals surface area contributed by atoms with Gasteiger partial charge >= 0.3 is 5.69 Å². The first-order valence-electron chi connectivity index (χ1n) is 4.69. The van der Waals surface area contributed by atoms with Crippen LogP contribution in [0.5, 0.6) is 0 Å². The number of nitrogens with zero attached hydrogens (tertiary/aromatic N) is 2. The summed E-state index contributed by atoms with van der Waals surface area (Å²) in [6, 6.07) is 0. The van der Waals surface area contributed by atoms with Crippen molar-refractivity contribution >= 4 is 69.8 Å². The predicted molar refractivity (Wildman–Crippen MR) is 79.0 cm³/mol. The van der Waals surface area contributed by atoms with Crippen LogP contribution in [0.25, 0.3) is 23.4 Å². The maximum Gasteiger partial charge on any atom is 0.337 e. The predicted octanol–water partition coefficient (Wildman–Crippen LogP) is 4.62. The molecule has 18 heavy (non-hydrogen) atoms. The zero-order valence-electron chi connectivity index (χ0n) is 8.88. The lowest BCUT2D eigenvalue weighted by Crippen LogP contribution is -2.17. The lowest BCUT2D eigenvalue weighted by molar-refractivity contribution is 1.00. The standard InChI is InChI=1S/C11H6Cl4N2O/c1-3-16-9-7(14)5(12)6(13)8(15)10(9)17(4-2)11(16)18/h3-4H,1-2H2. The highest BCUT2D eigenvalue weighted by Crippen LogP contribution is 2.42. The number of benzene rings is 1. The molecule has 2 rings (SSSR count). The van der Waals surface area contributed by atoms with Gasteiger partial charge in [0.2, 0.25) is 0 Å². The molecule has 94 valence electrons. The van der Waals surface area contributed by atoms with Gasteiger partial charge in [-0.05, 0) is 0 Å². The first-order chi connectivity index (χ1) is 8.45. The Balaban J connectivity index is 3.26. The van der Waals surface area contributed by atoms with Gasteiger partial charge in [0.15, 0.2) is 0 Å². The van der Waals surface area contributed by atoms with E-state index < -0.39 is 5.69 Å². The van der Waals surface area contributed by atoms with Crippen molar-refractivity contribution in [3.05, 3.63) is 43.7 Å². The quantitative estimate of drug-likeness (QED) is 0.585. The Morgan fingerprint density at radius 2 is 1.11 bits per heavy atom. The largest absolute Gasteiger partial charge is 0.337 e. The number of halogens is 4. The van der Waals surface area contributed by atoms with Gasteiger partial charge in [0.05, 0.1) is 31.1 Å². The molecule has 0 amide bonds. The molecule has 0 spiro atoms. The first-order valence-corrected chi connectivity index (χ1v) is 6.20. The van der Waals surface area contributed by atoms with E-state index in [1.165, 1.54) is 21.5 Å². The lowest BCUT2D eigenvalue weighted by Gasteiger charge is -2.06. The molecule has 0 unspecified atom stereocenters. The van der Waals surface area contributed by atoms with Gasteiger partial charge in [-0.15, -0.1) is 0 Å². The molecule has 0 atom stereocenters. The summed E-state index contributed by atoms with van der Waals surface area (Å²) in [7, 11) is 0. The Kier molecular flexibility index (Phi) is 3.52. The normalized spacial score (nSPS) is 10.9. The summed E-state index contributed by atoms with van der Waals surface area (Å²) < 4.78 is 2.46. The van der Waals surface area contributed by atoms with E-state index >= 15 is 0 Å². The fourth-order valence-corrected chi connectivity index (χ4v) is 2.71. The van der Waals surface area contributed by atoms with Crippen molar-refractivity contribution in [2.24, 2.45) is 0 Å². The molecule has 1 heterocycles. The molecule has 2 aromatic rings. The molecule has 0 saturated heterocycles. The Morgan fingerprint density at radius 1 is 0.778 bits per heavy atom. The highest BCUT2D eigenvalue weighted by molar-refractivity contribution is 6.55. The Hall–Kier alpha value is -0.870. The van der Waals surface area contributed by atoms with Crippen LogP contribution in [-0.2, 0) is 0 Å². The maximum absolute atomic E-state index is 12.1. The van der Waals surface area contributed by atoms with Gasteiger partial charge in [-0.3, -0.25) is 9.13 Å². The Morgan fingerprint density at radius 3 is 1.39 bits per heavy atom. The van der Waals surface area contributed by atoms with Crippen molar-refractivity contribution in [3.63, 3.8) is 0 Å². The molecule has 0 aliphatic carbocycles. The molecule has 0 N–H and O–H groups in total. The summed E-state index contributed by atoms with van der Waals surface area (Å²) in [5, 5.41) is 0.456. The van der Waals surface area contributed by atoms with E-state index in [9.17, 15) is 4.79 Å². The van der Waals surface area contributed by atoms with Gasteiger partial charge in [0, 0.05) is 12.4 Å². The van der Waals surface area contributed by atoms with Crippen molar-refractivity contribution in [3.8, 4) is 0 Å². The second-order valence-corrected chi connectivity index (χ2v) is 4.85. The van der Waals surface area contributed by atoms with E-state index in [1.54, 1.807) is 0 Å². The molecule has 1 aromatic heterocycles. The second kappa shape index (κ2) is 4.67. The van der Waals surface area contributed by atoms with Crippen LogP contribution in [0, 0.1) is 0 Å². The van der Waals surface area contributed by atoms with Crippen molar-refractivity contribution in [1.82, 2.24) is 9.13 Å². The average Bonchev–Trinajstić information content (AvgIpc) is 2.65. The van der Waals surface area contributed by atoms with Gasteiger partial charge in [0.25, 0.3) is 0 Å². The molecular formula is C11H6Cl4N2O. The van der Waals surface area contributed by atoms with Crippen molar-refractivity contribution in [1.29, 1.82) is 0 Å². The molecule has 0 aliphatic heterocycles. The minimum Gasteiger partial charge on any atom is -0.266 e. The third kappa shape index (κ3) is 1.62. The molecule has 7 heteroatoms. The fraction of sp³-hybridized carbons (Fsp3) is 0. The van der Waals surface area contributed by atoms with Gasteiger partial charge in [-0.25, -0.2) is 4.79 Å². The maximum atomic E-state index is 12.1. The van der Waals surface area contributed by atoms with Gasteiger partial charge < -0.3 is 0 Å². The highest BCUT2D eigenvalue weighted by Gasteiger charge is 2.22. The van der Waals surface area contributed by atoms with Crippen LogP contribution in [0.3, 0.4) is 0 Å². The second-order valence-electron chi connectivity index (χ2n) is 3.34. The molecule has 3 nitrogen and oxygen atoms in total. The van der Waals surface area contributed by atoms with Gasteiger partial charge in [-0.1, -0.05) is 59.6 Å². The Labute approximate surface area is 122 Å². The third-order valence-corrected chi connectivity index (χ3v) is 4.26. The summed E-state index contributed by atoms with van der Waals surface area (Å²) in [5.74, 6) is 0. The summed E-state index contributed by atoms with van der Waals surface area (Å²) in [6.45, 7) is 7.10. The molecule has 1 aromatic carbocycles.